The summed E-state index contributed by atoms with van der Waals surface area (Å²) in [5.41, 5.74) is 7.61. The molecular formula is C13H20N2O. The first-order valence-electron chi connectivity index (χ1n) is 5.58. The highest BCUT2D eigenvalue weighted by Crippen LogP contribution is 2.16. The van der Waals surface area contributed by atoms with Gasteiger partial charge in [0.15, 0.2) is 0 Å². The van der Waals surface area contributed by atoms with Crippen LogP contribution in [0.3, 0.4) is 0 Å². The molecule has 0 aromatic heterocycles. The van der Waals surface area contributed by atoms with Gasteiger partial charge in [0, 0.05) is 19.2 Å². The van der Waals surface area contributed by atoms with E-state index in [0.29, 0.717) is 13.0 Å². The summed E-state index contributed by atoms with van der Waals surface area (Å²) in [6.07, 6.45) is 0.501. The third-order valence-corrected chi connectivity index (χ3v) is 2.69. The topological polar surface area (TPSA) is 46.3 Å². The maximum Gasteiger partial charge on any atom is 0.227 e. The summed E-state index contributed by atoms with van der Waals surface area (Å²) >= 11 is 0. The molecule has 0 saturated carbocycles. The second kappa shape index (κ2) is 5.66. The van der Waals surface area contributed by atoms with Crippen LogP contribution in [0.4, 0.5) is 5.69 Å². The molecule has 0 aliphatic rings. The van der Waals surface area contributed by atoms with Crippen molar-refractivity contribution in [2.45, 2.75) is 20.3 Å². The Hall–Kier alpha value is -1.35. The van der Waals surface area contributed by atoms with Crippen LogP contribution in [0, 0.1) is 12.8 Å². The van der Waals surface area contributed by atoms with Crippen LogP contribution in [-0.4, -0.2) is 19.5 Å². The number of aryl methyl sites for hydroxylation is 1. The summed E-state index contributed by atoms with van der Waals surface area (Å²) in [6.45, 7) is 4.56. The molecule has 0 aliphatic carbocycles. The number of hydrogen-bond donors (Lipinski definition) is 1. The fourth-order valence-electron chi connectivity index (χ4n) is 1.50. The first-order valence-corrected chi connectivity index (χ1v) is 5.58. The van der Waals surface area contributed by atoms with E-state index < -0.39 is 0 Å². The standard InChI is InChI=1S/C13H20N2O/c1-10-5-4-6-12(7-10)15(3)13(16)8-11(2)9-14/h4-7,11H,8-9,14H2,1-3H3. The summed E-state index contributed by atoms with van der Waals surface area (Å²) in [7, 11) is 1.81. The van der Waals surface area contributed by atoms with Crippen molar-refractivity contribution in [1.82, 2.24) is 0 Å². The third-order valence-electron chi connectivity index (χ3n) is 2.69. The van der Waals surface area contributed by atoms with Gasteiger partial charge in [0.25, 0.3) is 0 Å². The summed E-state index contributed by atoms with van der Waals surface area (Å²) < 4.78 is 0. The van der Waals surface area contributed by atoms with E-state index in [1.54, 1.807) is 11.9 Å². The molecule has 0 radical (unpaired) electrons. The van der Waals surface area contributed by atoms with Gasteiger partial charge in [-0.3, -0.25) is 4.79 Å². The molecule has 0 saturated heterocycles. The molecule has 0 fully saturated rings. The van der Waals surface area contributed by atoms with Gasteiger partial charge in [0.05, 0.1) is 0 Å². The molecule has 16 heavy (non-hydrogen) atoms. The molecule has 3 nitrogen and oxygen atoms in total. The fourth-order valence-corrected chi connectivity index (χ4v) is 1.50. The van der Waals surface area contributed by atoms with Gasteiger partial charge in [-0.2, -0.15) is 0 Å². The van der Waals surface area contributed by atoms with Crippen molar-refractivity contribution in [1.29, 1.82) is 0 Å². The van der Waals surface area contributed by atoms with E-state index in [-0.39, 0.29) is 11.8 Å². The number of benzene rings is 1. The normalized spacial score (nSPS) is 12.2. The first kappa shape index (κ1) is 12.7. The van der Waals surface area contributed by atoms with Gasteiger partial charge in [-0.1, -0.05) is 19.1 Å². The van der Waals surface area contributed by atoms with E-state index in [2.05, 4.69) is 0 Å². The molecule has 1 unspecified atom stereocenters. The molecule has 1 rings (SSSR count). The number of nitrogens with zero attached hydrogens (tertiary/aromatic N) is 1. The van der Waals surface area contributed by atoms with Gasteiger partial charge in [-0.15, -0.1) is 0 Å². The van der Waals surface area contributed by atoms with Gasteiger partial charge >= 0.3 is 0 Å². The molecule has 0 heterocycles. The van der Waals surface area contributed by atoms with Crippen LogP contribution in [0.5, 0.6) is 0 Å². The maximum atomic E-state index is 11.9. The molecule has 2 N–H and O–H groups in total. The summed E-state index contributed by atoms with van der Waals surface area (Å²) in [4.78, 5) is 13.6. The molecule has 0 aliphatic heterocycles. The van der Waals surface area contributed by atoms with Crippen LogP contribution in [0.25, 0.3) is 0 Å². The summed E-state index contributed by atoms with van der Waals surface area (Å²) in [5.74, 6) is 0.350. The van der Waals surface area contributed by atoms with Crippen LogP contribution in [-0.2, 0) is 4.79 Å². The second-order valence-corrected chi connectivity index (χ2v) is 4.34. The van der Waals surface area contributed by atoms with Gasteiger partial charge in [0.2, 0.25) is 5.91 Å². The lowest BCUT2D eigenvalue weighted by atomic mass is 10.1. The molecule has 1 aromatic carbocycles. The van der Waals surface area contributed by atoms with Gasteiger partial charge in [-0.05, 0) is 37.1 Å². The Balaban J connectivity index is 2.70. The number of amides is 1. The monoisotopic (exact) mass is 220 g/mol. The van der Waals surface area contributed by atoms with Crippen molar-refractivity contribution in [2.24, 2.45) is 11.7 Å². The van der Waals surface area contributed by atoms with E-state index in [0.717, 1.165) is 11.3 Å². The largest absolute Gasteiger partial charge is 0.330 e. The maximum absolute atomic E-state index is 11.9. The summed E-state index contributed by atoms with van der Waals surface area (Å²) in [5, 5.41) is 0. The minimum Gasteiger partial charge on any atom is -0.330 e. The minimum absolute atomic E-state index is 0.114. The summed E-state index contributed by atoms with van der Waals surface area (Å²) in [6, 6.07) is 7.92. The predicted octanol–water partition coefficient (Wildman–Crippen LogP) is 1.94. The molecule has 1 atom stereocenters. The van der Waals surface area contributed by atoms with E-state index in [9.17, 15) is 4.79 Å². The van der Waals surface area contributed by atoms with Crippen LogP contribution in [0.2, 0.25) is 0 Å². The van der Waals surface area contributed by atoms with Crippen molar-refractivity contribution in [3.63, 3.8) is 0 Å². The molecule has 1 aromatic rings. The zero-order chi connectivity index (χ0) is 12.1. The molecule has 0 bridgehead atoms. The SMILES string of the molecule is Cc1cccc(N(C)C(=O)CC(C)CN)c1. The molecular weight excluding hydrogens is 200 g/mol. The van der Waals surface area contributed by atoms with Crippen molar-refractivity contribution in [3.8, 4) is 0 Å². The number of nitrogens with two attached hydrogens (primary N) is 1. The van der Waals surface area contributed by atoms with Gasteiger partial charge in [0.1, 0.15) is 0 Å². The predicted molar refractivity (Wildman–Crippen MR) is 67.4 cm³/mol. The van der Waals surface area contributed by atoms with Crippen molar-refractivity contribution in [2.75, 3.05) is 18.5 Å². The Bertz CT molecular complexity index is 363. The van der Waals surface area contributed by atoms with E-state index in [4.69, 9.17) is 5.73 Å². The van der Waals surface area contributed by atoms with Crippen LogP contribution in [0.1, 0.15) is 18.9 Å². The van der Waals surface area contributed by atoms with Crippen LogP contribution >= 0.6 is 0 Å². The zero-order valence-electron chi connectivity index (χ0n) is 10.2. The number of rotatable bonds is 4. The Labute approximate surface area is 97.2 Å². The van der Waals surface area contributed by atoms with E-state index >= 15 is 0 Å². The highest BCUT2D eigenvalue weighted by atomic mass is 16.2. The van der Waals surface area contributed by atoms with E-state index in [1.807, 2.05) is 38.1 Å². The van der Waals surface area contributed by atoms with Gasteiger partial charge < -0.3 is 10.6 Å². The number of carbonyl (C=O) groups is 1. The number of carbonyl (C=O) groups excluding carboxylic acids is 1. The van der Waals surface area contributed by atoms with Crippen molar-refractivity contribution < 1.29 is 4.79 Å². The first-order chi connectivity index (χ1) is 7.54. The molecule has 1 amide bonds. The van der Waals surface area contributed by atoms with Gasteiger partial charge in [-0.25, -0.2) is 0 Å². The minimum atomic E-state index is 0.114. The second-order valence-electron chi connectivity index (χ2n) is 4.34. The third kappa shape index (κ3) is 3.35. The van der Waals surface area contributed by atoms with Crippen LogP contribution in [0.15, 0.2) is 24.3 Å². The number of hydrogen-bond acceptors (Lipinski definition) is 2. The quantitative estimate of drug-likeness (QED) is 0.843. The molecule has 0 spiro atoms. The average Bonchev–Trinajstić information content (AvgIpc) is 2.27. The molecule has 88 valence electrons. The lowest BCUT2D eigenvalue weighted by Crippen LogP contribution is -2.29. The fraction of sp³-hybridized carbons (Fsp3) is 0.462. The zero-order valence-corrected chi connectivity index (χ0v) is 10.2. The average molecular weight is 220 g/mol. The Morgan fingerprint density at radius 3 is 2.75 bits per heavy atom. The van der Waals surface area contributed by atoms with Crippen molar-refractivity contribution in [3.05, 3.63) is 29.8 Å². The lowest BCUT2D eigenvalue weighted by molar-refractivity contribution is -0.119. The smallest absolute Gasteiger partial charge is 0.227 e. The lowest BCUT2D eigenvalue weighted by Gasteiger charge is -2.19. The number of anilines is 1. The van der Waals surface area contributed by atoms with Crippen LogP contribution < -0.4 is 10.6 Å². The Morgan fingerprint density at radius 1 is 1.50 bits per heavy atom. The van der Waals surface area contributed by atoms with Crippen molar-refractivity contribution >= 4 is 11.6 Å². The highest BCUT2D eigenvalue weighted by molar-refractivity contribution is 5.92. The Morgan fingerprint density at radius 2 is 2.19 bits per heavy atom. The molecule has 3 heteroatoms. The van der Waals surface area contributed by atoms with E-state index in [1.165, 1.54) is 0 Å². The highest BCUT2D eigenvalue weighted by Gasteiger charge is 2.13. The Kier molecular flexibility index (Phi) is 4.50.